The monoisotopic (exact) mass is 430 g/mol. The Morgan fingerprint density at radius 2 is 1.74 bits per heavy atom. The third-order valence-electron chi connectivity index (χ3n) is 9.77. The van der Waals surface area contributed by atoms with Crippen LogP contribution in [0.2, 0.25) is 0 Å². The molecule has 1 unspecified atom stereocenters. The number of hydrogen-bond acceptors (Lipinski definition) is 5. The van der Waals surface area contributed by atoms with E-state index in [1.807, 2.05) is 0 Å². The molecule has 0 N–H and O–H groups in total. The van der Waals surface area contributed by atoms with Gasteiger partial charge < -0.3 is 14.3 Å². The number of carbonyl (C=O) groups excluding carboxylic acids is 3. The van der Waals surface area contributed by atoms with E-state index in [4.69, 9.17) is 9.47 Å². The van der Waals surface area contributed by atoms with Crippen LogP contribution in [0.3, 0.4) is 0 Å². The zero-order valence-electron chi connectivity index (χ0n) is 19.7. The Morgan fingerprint density at radius 3 is 2.35 bits per heavy atom. The standard InChI is InChI=1S/C26H38O5/c1-16(15-27)21-10-11-22-20-9-8-19-7-6-13-26(30-17(2)28,31-18(3)29)25(19,5)23(20)12-14-24(21,22)4/h8,15-16,20-23H,6-7,9-14H2,1-5H3/t16?,20-,21+,22-,23-,24+,25-/m0/s1. The topological polar surface area (TPSA) is 69.7 Å². The zero-order valence-corrected chi connectivity index (χ0v) is 19.7. The van der Waals surface area contributed by atoms with E-state index in [0.29, 0.717) is 30.1 Å². The van der Waals surface area contributed by atoms with Gasteiger partial charge in [-0.3, -0.25) is 9.59 Å². The van der Waals surface area contributed by atoms with E-state index in [1.54, 1.807) is 0 Å². The Labute approximate surface area is 186 Å². The number of hydrogen-bond donors (Lipinski definition) is 0. The molecule has 4 rings (SSSR count). The van der Waals surface area contributed by atoms with Crippen molar-refractivity contribution in [1.82, 2.24) is 0 Å². The van der Waals surface area contributed by atoms with E-state index in [2.05, 4.69) is 26.8 Å². The number of carbonyl (C=O) groups is 3. The van der Waals surface area contributed by atoms with Gasteiger partial charge in [0.1, 0.15) is 6.29 Å². The first kappa shape index (κ1) is 22.5. The summed E-state index contributed by atoms with van der Waals surface area (Å²) in [4.78, 5) is 36.0. The molecule has 3 fully saturated rings. The van der Waals surface area contributed by atoms with Gasteiger partial charge in [0.15, 0.2) is 0 Å². The Hall–Kier alpha value is -1.65. The van der Waals surface area contributed by atoms with Crippen molar-refractivity contribution in [2.45, 2.75) is 91.8 Å². The van der Waals surface area contributed by atoms with Crippen LogP contribution < -0.4 is 0 Å². The third-order valence-corrected chi connectivity index (χ3v) is 9.77. The van der Waals surface area contributed by atoms with Gasteiger partial charge in [-0.1, -0.05) is 25.5 Å². The summed E-state index contributed by atoms with van der Waals surface area (Å²) in [5, 5.41) is 0. The van der Waals surface area contributed by atoms with Crippen molar-refractivity contribution in [1.29, 1.82) is 0 Å². The average Bonchev–Trinajstić information content (AvgIpc) is 3.04. The maximum atomic E-state index is 12.2. The fourth-order valence-electron chi connectivity index (χ4n) is 8.52. The smallest absolute Gasteiger partial charge is 0.305 e. The molecule has 0 aliphatic heterocycles. The maximum Gasteiger partial charge on any atom is 0.305 e. The number of allylic oxidation sites excluding steroid dienone is 1. The maximum absolute atomic E-state index is 12.2. The summed E-state index contributed by atoms with van der Waals surface area (Å²) in [5.41, 5.74) is 0.965. The van der Waals surface area contributed by atoms with Crippen LogP contribution in [-0.4, -0.2) is 24.0 Å². The van der Waals surface area contributed by atoms with Gasteiger partial charge in [0.25, 0.3) is 5.79 Å². The predicted octanol–water partition coefficient (Wildman–Crippen LogP) is 5.22. The third kappa shape index (κ3) is 3.21. The van der Waals surface area contributed by atoms with Gasteiger partial charge in [0.2, 0.25) is 0 Å². The lowest BCUT2D eigenvalue weighted by Gasteiger charge is -2.62. The number of rotatable bonds is 4. The van der Waals surface area contributed by atoms with Crippen molar-refractivity contribution in [3.63, 3.8) is 0 Å². The van der Waals surface area contributed by atoms with Gasteiger partial charge in [-0.05, 0) is 81.0 Å². The largest absolute Gasteiger partial charge is 0.422 e. The van der Waals surface area contributed by atoms with Gasteiger partial charge >= 0.3 is 11.9 Å². The Kier molecular flexibility index (Phi) is 5.63. The van der Waals surface area contributed by atoms with Crippen LogP contribution in [0.1, 0.15) is 86.0 Å². The van der Waals surface area contributed by atoms with Crippen molar-refractivity contribution in [2.75, 3.05) is 0 Å². The summed E-state index contributed by atoms with van der Waals surface area (Å²) < 4.78 is 11.9. The first-order valence-electron chi connectivity index (χ1n) is 12.1. The van der Waals surface area contributed by atoms with Gasteiger partial charge in [-0.25, -0.2) is 0 Å². The second-order valence-electron chi connectivity index (χ2n) is 11.1. The van der Waals surface area contributed by atoms with E-state index in [0.717, 1.165) is 51.2 Å². The molecular weight excluding hydrogens is 392 g/mol. The molecule has 0 aromatic rings. The molecule has 31 heavy (non-hydrogen) atoms. The van der Waals surface area contributed by atoms with Crippen LogP contribution in [0, 0.1) is 40.4 Å². The lowest BCUT2D eigenvalue weighted by Crippen LogP contribution is -2.63. The average molecular weight is 431 g/mol. The summed E-state index contributed by atoms with van der Waals surface area (Å²) in [6.07, 6.45) is 11.2. The molecule has 4 aliphatic carbocycles. The van der Waals surface area contributed by atoms with Crippen LogP contribution in [0.25, 0.3) is 0 Å². The molecule has 4 aliphatic rings. The molecule has 5 nitrogen and oxygen atoms in total. The quantitative estimate of drug-likeness (QED) is 0.265. The Balaban J connectivity index is 1.76. The van der Waals surface area contributed by atoms with E-state index in [1.165, 1.54) is 19.4 Å². The minimum absolute atomic E-state index is 0.0905. The summed E-state index contributed by atoms with van der Waals surface area (Å²) in [6.45, 7) is 9.48. The summed E-state index contributed by atoms with van der Waals surface area (Å²) in [7, 11) is 0. The molecule has 0 amide bonds. The lowest BCUT2D eigenvalue weighted by molar-refractivity contribution is -0.289. The summed E-state index contributed by atoms with van der Waals surface area (Å²) in [6, 6.07) is 0. The molecule has 0 bridgehead atoms. The molecule has 0 aromatic heterocycles. The van der Waals surface area contributed by atoms with Crippen LogP contribution in [0.4, 0.5) is 0 Å². The van der Waals surface area contributed by atoms with E-state index in [9.17, 15) is 14.4 Å². The molecule has 172 valence electrons. The van der Waals surface area contributed by atoms with Crippen molar-refractivity contribution in [3.8, 4) is 0 Å². The van der Waals surface area contributed by atoms with E-state index in [-0.39, 0.29) is 11.3 Å². The molecule has 0 heterocycles. The van der Waals surface area contributed by atoms with E-state index >= 15 is 0 Å². The number of fused-ring (bicyclic) bond motifs is 5. The second kappa shape index (κ2) is 7.74. The molecule has 7 atom stereocenters. The predicted molar refractivity (Wildman–Crippen MR) is 117 cm³/mol. The SMILES string of the molecule is CC(=O)OC1(OC(C)=O)CCCC2=CC[C@H]3[C@@H]4CC[C@H](C(C)C=O)[C@@]4(C)CC[C@@H]3[C@]21C. The first-order chi connectivity index (χ1) is 14.6. The highest BCUT2D eigenvalue weighted by molar-refractivity contribution is 5.69. The number of ether oxygens (including phenoxy) is 2. The van der Waals surface area contributed by atoms with Gasteiger partial charge in [-0.15, -0.1) is 0 Å². The lowest BCUT2D eigenvalue weighted by atomic mass is 9.45. The molecule has 0 aromatic carbocycles. The van der Waals surface area contributed by atoms with Crippen LogP contribution >= 0.6 is 0 Å². The Bertz CT molecular complexity index is 784. The van der Waals surface area contributed by atoms with E-state index < -0.39 is 23.1 Å². The minimum atomic E-state index is -1.22. The molecule has 3 saturated carbocycles. The highest BCUT2D eigenvalue weighted by atomic mass is 16.7. The van der Waals surface area contributed by atoms with Gasteiger partial charge in [0, 0.05) is 26.2 Å². The van der Waals surface area contributed by atoms with Crippen LogP contribution in [0.15, 0.2) is 11.6 Å². The Morgan fingerprint density at radius 1 is 1.06 bits per heavy atom. The second-order valence-corrected chi connectivity index (χ2v) is 11.1. The van der Waals surface area contributed by atoms with Crippen LogP contribution in [0.5, 0.6) is 0 Å². The van der Waals surface area contributed by atoms with Crippen molar-refractivity contribution in [2.24, 2.45) is 40.4 Å². The van der Waals surface area contributed by atoms with Crippen molar-refractivity contribution in [3.05, 3.63) is 11.6 Å². The number of aldehydes is 1. The van der Waals surface area contributed by atoms with Crippen LogP contribution in [-0.2, 0) is 23.9 Å². The summed E-state index contributed by atoms with van der Waals surface area (Å²) >= 11 is 0. The minimum Gasteiger partial charge on any atom is -0.422 e. The normalized spacial score (nSPS) is 41.6. The molecule has 0 spiro atoms. The molecule has 5 heteroatoms. The summed E-state index contributed by atoms with van der Waals surface area (Å²) in [5.74, 6) is -0.184. The zero-order chi connectivity index (χ0) is 22.6. The van der Waals surface area contributed by atoms with Crippen molar-refractivity contribution >= 4 is 18.2 Å². The fraction of sp³-hybridized carbons (Fsp3) is 0.808. The van der Waals surface area contributed by atoms with Crippen molar-refractivity contribution < 1.29 is 23.9 Å². The number of esters is 2. The molecular formula is C26H38O5. The highest BCUT2D eigenvalue weighted by Crippen LogP contribution is 2.69. The fourth-order valence-corrected chi connectivity index (χ4v) is 8.52. The molecule has 0 saturated heterocycles. The van der Waals surface area contributed by atoms with Gasteiger partial charge in [-0.2, -0.15) is 0 Å². The first-order valence-corrected chi connectivity index (χ1v) is 12.1. The highest BCUT2D eigenvalue weighted by Gasteiger charge is 2.67. The van der Waals surface area contributed by atoms with Gasteiger partial charge in [0.05, 0.1) is 5.41 Å². The molecule has 0 radical (unpaired) electrons.